The van der Waals surface area contributed by atoms with Crippen LogP contribution in [0, 0.1) is 0 Å². The Balaban J connectivity index is 1.63. The zero-order valence-corrected chi connectivity index (χ0v) is 23.5. The molecule has 2 heterocycles. The van der Waals surface area contributed by atoms with Crippen molar-refractivity contribution in [1.29, 1.82) is 0 Å². The van der Waals surface area contributed by atoms with Gasteiger partial charge in [0.05, 0.1) is 23.0 Å². The lowest BCUT2D eigenvalue weighted by Crippen LogP contribution is -2.34. The minimum Gasteiger partial charge on any atom is -0.387 e. The third kappa shape index (κ3) is 6.81. The van der Waals surface area contributed by atoms with Gasteiger partial charge in [0.15, 0.2) is 0 Å². The van der Waals surface area contributed by atoms with E-state index in [1.165, 1.54) is 10.9 Å². The number of carbonyl (C=O) groups is 1. The summed E-state index contributed by atoms with van der Waals surface area (Å²) < 4.78 is 24.1. The maximum Gasteiger partial charge on any atom is 0.274 e. The van der Waals surface area contributed by atoms with Gasteiger partial charge in [-0.1, -0.05) is 32.0 Å². The van der Waals surface area contributed by atoms with E-state index in [0.717, 1.165) is 29.5 Å². The van der Waals surface area contributed by atoms with Crippen LogP contribution in [0.3, 0.4) is 0 Å². The number of aryl methyl sites for hydroxylation is 1. The summed E-state index contributed by atoms with van der Waals surface area (Å²) in [7, 11) is -3.10. The molecule has 0 bridgehead atoms. The molecule has 3 aromatic rings. The summed E-state index contributed by atoms with van der Waals surface area (Å²) in [6.45, 7) is 5.76. The van der Waals surface area contributed by atoms with E-state index in [0.29, 0.717) is 53.8 Å². The van der Waals surface area contributed by atoms with Crippen molar-refractivity contribution >= 4 is 44.1 Å². The highest BCUT2D eigenvalue weighted by molar-refractivity contribution is 7.90. The maximum atomic E-state index is 13.2. The maximum absolute atomic E-state index is 13.2. The Labute approximate surface area is 229 Å². The third-order valence-electron chi connectivity index (χ3n) is 6.62. The average Bonchev–Trinajstić information content (AvgIpc) is 3.06. The van der Waals surface area contributed by atoms with Crippen LogP contribution in [-0.4, -0.2) is 59.9 Å². The highest BCUT2D eigenvalue weighted by Crippen LogP contribution is 2.33. The first-order chi connectivity index (χ1) is 18.6. The Morgan fingerprint density at radius 1 is 1.08 bits per heavy atom. The van der Waals surface area contributed by atoms with Crippen LogP contribution < -0.4 is 11.3 Å². The van der Waals surface area contributed by atoms with Crippen LogP contribution in [-0.2, 0) is 21.2 Å². The summed E-state index contributed by atoms with van der Waals surface area (Å²) in [5.74, 6) is 0.389. The summed E-state index contributed by atoms with van der Waals surface area (Å²) in [4.78, 5) is 32.6. The van der Waals surface area contributed by atoms with Crippen LogP contribution >= 0.6 is 0 Å². The molecule has 0 saturated carbocycles. The number of amidine groups is 1. The van der Waals surface area contributed by atoms with E-state index in [4.69, 9.17) is 5.73 Å². The van der Waals surface area contributed by atoms with Gasteiger partial charge < -0.3 is 10.6 Å². The van der Waals surface area contributed by atoms with Crippen LogP contribution in [0.2, 0.25) is 0 Å². The van der Waals surface area contributed by atoms with Crippen molar-refractivity contribution in [1.82, 2.24) is 14.7 Å². The molecule has 0 spiro atoms. The molecule has 10 heteroatoms. The quantitative estimate of drug-likeness (QED) is 0.408. The Morgan fingerprint density at radius 2 is 1.77 bits per heavy atom. The van der Waals surface area contributed by atoms with E-state index in [2.05, 4.69) is 23.9 Å². The van der Waals surface area contributed by atoms with Crippen molar-refractivity contribution in [2.75, 3.05) is 25.1 Å². The van der Waals surface area contributed by atoms with E-state index in [1.54, 1.807) is 12.3 Å². The lowest BCUT2D eigenvalue weighted by molar-refractivity contribution is -0.127. The monoisotopic (exact) mass is 549 g/mol. The van der Waals surface area contributed by atoms with E-state index in [-0.39, 0.29) is 23.8 Å². The fourth-order valence-corrected chi connectivity index (χ4v) is 5.42. The number of carbonyl (C=O) groups excluding carboxylic acids is 1. The number of fused-ring (bicyclic) bond motifs is 2. The summed E-state index contributed by atoms with van der Waals surface area (Å²) >= 11 is 0. The molecule has 2 N–H and O–H groups in total. The van der Waals surface area contributed by atoms with Crippen LogP contribution in [0.1, 0.15) is 45.1 Å². The second-order valence-electron chi connectivity index (χ2n) is 9.97. The minimum atomic E-state index is -3.10. The number of sulfone groups is 1. The second kappa shape index (κ2) is 11.9. The van der Waals surface area contributed by atoms with E-state index in [9.17, 15) is 18.0 Å². The first-order valence-corrected chi connectivity index (χ1v) is 15.3. The zero-order chi connectivity index (χ0) is 28.2. The summed E-state index contributed by atoms with van der Waals surface area (Å²) in [6, 6.07) is 11.4. The fraction of sp³-hybridized carbons (Fsp3) is 0.379. The predicted molar refractivity (Wildman–Crippen MR) is 157 cm³/mol. The van der Waals surface area contributed by atoms with Gasteiger partial charge in [-0.05, 0) is 54.7 Å². The Hall–Kier alpha value is -3.79. The Bertz CT molecular complexity index is 1620. The SMILES string of the molecule is CCCN(CCC)C(=O)C1=Cc2ccc(-c3ccc4c(=O)n(CCCS(C)(=O)=O)ncc4c3)cc2N=C(N)C1. The number of aliphatic imine (C=N–C) groups is 1. The topological polar surface area (TPSA) is 128 Å². The van der Waals surface area contributed by atoms with Gasteiger partial charge in [0.1, 0.15) is 15.7 Å². The van der Waals surface area contributed by atoms with Gasteiger partial charge in [0.25, 0.3) is 5.56 Å². The first kappa shape index (κ1) is 28.2. The summed E-state index contributed by atoms with van der Waals surface area (Å²) in [5, 5.41) is 5.45. The van der Waals surface area contributed by atoms with Gasteiger partial charge >= 0.3 is 0 Å². The van der Waals surface area contributed by atoms with Gasteiger partial charge in [-0.25, -0.2) is 18.1 Å². The van der Waals surface area contributed by atoms with Crippen LogP contribution in [0.5, 0.6) is 0 Å². The van der Waals surface area contributed by atoms with E-state index in [1.807, 2.05) is 41.3 Å². The Morgan fingerprint density at radius 3 is 2.46 bits per heavy atom. The van der Waals surface area contributed by atoms with E-state index >= 15 is 0 Å². The number of benzene rings is 2. The normalized spacial score (nSPS) is 13.4. The predicted octanol–water partition coefficient (Wildman–Crippen LogP) is 3.92. The summed E-state index contributed by atoms with van der Waals surface area (Å²) in [5.41, 5.74) is 9.91. The molecule has 0 fully saturated rings. The molecule has 2 aromatic carbocycles. The van der Waals surface area contributed by atoms with Gasteiger partial charge in [-0.15, -0.1) is 0 Å². The van der Waals surface area contributed by atoms with Gasteiger partial charge in [0, 0.05) is 48.8 Å². The lowest BCUT2D eigenvalue weighted by atomic mass is 9.99. The molecule has 206 valence electrons. The van der Waals surface area contributed by atoms with Gasteiger partial charge in [-0.2, -0.15) is 5.10 Å². The van der Waals surface area contributed by atoms with Crippen molar-refractivity contribution in [3.63, 3.8) is 0 Å². The molecule has 9 nitrogen and oxygen atoms in total. The molecular formula is C29H35N5O4S. The number of aromatic nitrogens is 2. The van der Waals surface area contributed by atoms with Crippen LogP contribution in [0.15, 0.2) is 58.0 Å². The molecule has 4 rings (SSSR count). The molecule has 1 aliphatic heterocycles. The largest absolute Gasteiger partial charge is 0.387 e. The van der Waals surface area contributed by atoms with E-state index < -0.39 is 9.84 Å². The highest BCUT2D eigenvalue weighted by atomic mass is 32.2. The Kier molecular flexibility index (Phi) is 8.64. The smallest absolute Gasteiger partial charge is 0.274 e. The molecule has 0 unspecified atom stereocenters. The third-order valence-corrected chi connectivity index (χ3v) is 7.65. The number of hydrogen-bond donors (Lipinski definition) is 1. The second-order valence-corrected chi connectivity index (χ2v) is 12.2. The van der Waals surface area contributed by atoms with Crippen LogP contribution in [0.25, 0.3) is 28.0 Å². The van der Waals surface area contributed by atoms with Crippen molar-refractivity contribution in [3.8, 4) is 11.1 Å². The number of hydrogen-bond acceptors (Lipinski definition) is 7. The standard InChI is InChI=1S/C29H35N5O4S/c1-4-11-33(12-5-2)28(35)23-16-22-8-7-21(17-26(22)32-27(30)18-23)20-9-10-25-24(15-20)19-31-34(29(25)36)13-6-14-39(3,37)38/h7-10,15-17,19H,4-6,11-14,18H2,1-3H3,(H2,30,32). The molecule has 0 saturated heterocycles. The number of nitrogens with two attached hydrogens (primary N) is 1. The fourth-order valence-electron chi connectivity index (χ4n) is 4.77. The van der Waals surface area contributed by atoms with Gasteiger partial charge in [-0.3, -0.25) is 9.59 Å². The first-order valence-electron chi connectivity index (χ1n) is 13.2. The molecule has 1 aliphatic rings. The van der Waals surface area contributed by atoms with Crippen molar-refractivity contribution in [3.05, 3.63) is 64.1 Å². The molecule has 0 atom stereocenters. The number of nitrogens with zero attached hydrogens (tertiary/aromatic N) is 4. The molecule has 39 heavy (non-hydrogen) atoms. The number of amides is 1. The molecule has 0 radical (unpaired) electrons. The number of rotatable bonds is 10. The van der Waals surface area contributed by atoms with Crippen LogP contribution in [0.4, 0.5) is 5.69 Å². The lowest BCUT2D eigenvalue weighted by Gasteiger charge is -2.22. The molecule has 1 aromatic heterocycles. The molecule has 0 aliphatic carbocycles. The van der Waals surface area contributed by atoms with Crippen molar-refractivity contribution in [2.45, 2.75) is 46.1 Å². The van der Waals surface area contributed by atoms with Gasteiger partial charge in [0.2, 0.25) is 5.91 Å². The zero-order valence-electron chi connectivity index (χ0n) is 22.7. The van der Waals surface area contributed by atoms with Crippen molar-refractivity contribution in [2.24, 2.45) is 10.7 Å². The van der Waals surface area contributed by atoms with Crippen molar-refractivity contribution < 1.29 is 13.2 Å². The summed E-state index contributed by atoms with van der Waals surface area (Å²) in [6.07, 6.45) is 7.09. The molecular weight excluding hydrogens is 514 g/mol. The average molecular weight is 550 g/mol. The minimum absolute atomic E-state index is 0.00206. The molecule has 1 amide bonds. The highest BCUT2D eigenvalue weighted by Gasteiger charge is 2.21.